The van der Waals surface area contributed by atoms with Gasteiger partial charge >= 0.3 is 0 Å². The van der Waals surface area contributed by atoms with Gasteiger partial charge in [0.1, 0.15) is 0 Å². The second kappa shape index (κ2) is 12.8. The van der Waals surface area contributed by atoms with Crippen LogP contribution in [0.3, 0.4) is 0 Å². The molecule has 0 saturated carbocycles. The summed E-state index contributed by atoms with van der Waals surface area (Å²) in [6, 6.07) is 0. The normalized spacial score (nSPS) is 15.7. The molecular formula is C15H32Cl2N4O2. The molecule has 1 N–H and O–H groups in total. The maximum atomic E-state index is 12.2. The zero-order valence-electron chi connectivity index (χ0n) is 14.7. The molecule has 0 aromatic carbocycles. The zero-order valence-corrected chi connectivity index (χ0v) is 16.3. The lowest BCUT2D eigenvalue weighted by Crippen LogP contribution is -2.54. The van der Waals surface area contributed by atoms with Crippen LogP contribution in [0.2, 0.25) is 0 Å². The molecule has 138 valence electrons. The Morgan fingerprint density at radius 1 is 1.04 bits per heavy atom. The standard InChI is InChI=1S/C15H30N4O2.2ClH/c1-5-17(6-2)12-14(20)18-7-9-19(10-8-18)15(21)13(3)11-16-4;;/h13,16H,5-12H2,1-4H3;2*1H. The van der Waals surface area contributed by atoms with E-state index in [-0.39, 0.29) is 42.5 Å². The Morgan fingerprint density at radius 3 is 1.96 bits per heavy atom. The van der Waals surface area contributed by atoms with Gasteiger partial charge < -0.3 is 15.1 Å². The molecule has 0 spiro atoms. The predicted octanol–water partition coefficient (Wildman–Crippen LogP) is 0.698. The summed E-state index contributed by atoms with van der Waals surface area (Å²) in [5.74, 6) is 0.349. The molecule has 1 aliphatic rings. The molecule has 1 heterocycles. The van der Waals surface area contributed by atoms with Crippen molar-refractivity contribution in [3.63, 3.8) is 0 Å². The fourth-order valence-electron chi connectivity index (χ4n) is 2.62. The minimum atomic E-state index is -0.00655. The minimum absolute atomic E-state index is 0. The lowest BCUT2D eigenvalue weighted by molar-refractivity contribution is -0.142. The van der Waals surface area contributed by atoms with E-state index in [0.717, 1.165) is 13.1 Å². The molecule has 0 aromatic rings. The number of hydrogen-bond donors (Lipinski definition) is 1. The molecule has 0 bridgehead atoms. The Bertz CT molecular complexity index is 346. The van der Waals surface area contributed by atoms with Crippen LogP contribution in [0.25, 0.3) is 0 Å². The minimum Gasteiger partial charge on any atom is -0.339 e. The highest BCUT2D eigenvalue weighted by atomic mass is 35.5. The zero-order chi connectivity index (χ0) is 15.8. The number of halogens is 2. The third-order valence-corrected chi connectivity index (χ3v) is 4.13. The first-order valence-electron chi connectivity index (χ1n) is 7.96. The van der Waals surface area contributed by atoms with Crippen LogP contribution in [-0.2, 0) is 9.59 Å². The quantitative estimate of drug-likeness (QED) is 0.716. The molecule has 1 fully saturated rings. The maximum Gasteiger partial charge on any atom is 0.236 e. The molecule has 8 heteroatoms. The van der Waals surface area contributed by atoms with Crippen molar-refractivity contribution < 1.29 is 9.59 Å². The average Bonchev–Trinajstić information content (AvgIpc) is 2.52. The highest BCUT2D eigenvalue weighted by Crippen LogP contribution is 2.08. The second-order valence-electron chi connectivity index (χ2n) is 5.63. The summed E-state index contributed by atoms with van der Waals surface area (Å²) in [6.07, 6.45) is 0. The van der Waals surface area contributed by atoms with Crippen LogP contribution in [0.5, 0.6) is 0 Å². The van der Waals surface area contributed by atoms with Crippen molar-refractivity contribution in [3.8, 4) is 0 Å². The number of amides is 2. The topological polar surface area (TPSA) is 55.9 Å². The Kier molecular flexibility index (Phi) is 13.8. The van der Waals surface area contributed by atoms with Crippen molar-refractivity contribution >= 4 is 36.6 Å². The smallest absolute Gasteiger partial charge is 0.236 e. The molecule has 0 aromatic heterocycles. The molecule has 1 saturated heterocycles. The summed E-state index contributed by atoms with van der Waals surface area (Å²) >= 11 is 0. The van der Waals surface area contributed by atoms with Gasteiger partial charge in [0.15, 0.2) is 0 Å². The van der Waals surface area contributed by atoms with Crippen LogP contribution >= 0.6 is 24.8 Å². The number of nitrogens with zero attached hydrogens (tertiary/aromatic N) is 3. The van der Waals surface area contributed by atoms with Crippen LogP contribution in [0.1, 0.15) is 20.8 Å². The van der Waals surface area contributed by atoms with E-state index in [4.69, 9.17) is 0 Å². The summed E-state index contributed by atoms with van der Waals surface area (Å²) in [5, 5.41) is 3.03. The molecular weight excluding hydrogens is 339 g/mol. The average molecular weight is 371 g/mol. The van der Waals surface area contributed by atoms with Gasteiger partial charge in [-0.1, -0.05) is 20.8 Å². The van der Waals surface area contributed by atoms with Crippen molar-refractivity contribution in [3.05, 3.63) is 0 Å². The van der Waals surface area contributed by atoms with E-state index in [1.807, 2.05) is 23.8 Å². The van der Waals surface area contributed by atoms with Crippen LogP contribution in [0.4, 0.5) is 0 Å². The number of piperazine rings is 1. The molecule has 6 nitrogen and oxygen atoms in total. The van der Waals surface area contributed by atoms with Gasteiger partial charge in [-0.15, -0.1) is 24.8 Å². The first-order chi connectivity index (χ1) is 10.0. The first kappa shape index (κ1) is 24.7. The largest absolute Gasteiger partial charge is 0.339 e. The molecule has 0 aliphatic carbocycles. The van der Waals surface area contributed by atoms with Crippen molar-refractivity contribution in [2.24, 2.45) is 5.92 Å². The van der Waals surface area contributed by atoms with Crippen molar-refractivity contribution in [1.82, 2.24) is 20.0 Å². The van der Waals surface area contributed by atoms with Gasteiger partial charge in [-0.3, -0.25) is 14.5 Å². The molecule has 1 atom stereocenters. The first-order valence-corrected chi connectivity index (χ1v) is 7.96. The summed E-state index contributed by atoms with van der Waals surface area (Å²) in [6.45, 7) is 11.6. The van der Waals surface area contributed by atoms with Crippen molar-refractivity contribution in [2.45, 2.75) is 20.8 Å². The van der Waals surface area contributed by atoms with Gasteiger partial charge in [0, 0.05) is 38.6 Å². The lowest BCUT2D eigenvalue weighted by Gasteiger charge is -2.36. The highest BCUT2D eigenvalue weighted by molar-refractivity contribution is 5.85. The van der Waals surface area contributed by atoms with E-state index in [9.17, 15) is 9.59 Å². The monoisotopic (exact) mass is 370 g/mol. The van der Waals surface area contributed by atoms with Gasteiger partial charge in [-0.25, -0.2) is 0 Å². The number of carbonyl (C=O) groups is 2. The Hall–Kier alpha value is -0.560. The van der Waals surface area contributed by atoms with Crippen LogP contribution < -0.4 is 5.32 Å². The molecule has 1 rings (SSSR count). The summed E-state index contributed by atoms with van der Waals surface area (Å²) < 4.78 is 0. The number of nitrogens with one attached hydrogen (secondary N) is 1. The van der Waals surface area contributed by atoms with Gasteiger partial charge in [0.05, 0.1) is 6.54 Å². The summed E-state index contributed by atoms with van der Waals surface area (Å²) in [7, 11) is 1.85. The van der Waals surface area contributed by atoms with Gasteiger partial charge in [-0.2, -0.15) is 0 Å². The lowest BCUT2D eigenvalue weighted by atomic mass is 10.1. The Balaban J connectivity index is 0. The van der Waals surface area contributed by atoms with E-state index in [1.165, 1.54) is 0 Å². The molecule has 2 amide bonds. The summed E-state index contributed by atoms with van der Waals surface area (Å²) in [5.41, 5.74) is 0. The number of rotatable bonds is 7. The number of likely N-dealkylation sites (N-methyl/N-ethyl adjacent to an activating group) is 1. The summed E-state index contributed by atoms with van der Waals surface area (Å²) in [4.78, 5) is 30.3. The fourth-order valence-corrected chi connectivity index (χ4v) is 2.62. The fraction of sp³-hybridized carbons (Fsp3) is 0.867. The van der Waals surface area contributed by atoms with Gasteiger partial charge in [0.25, 0.3) is 0 Å². The van der Waals surface area contributed by atoms with Gasteiger partial charge in [-0.05, 0) is 20.1 Å². The number of carbonyl (C=O) groups excluding carboxylic acids is 2. The van der Waals surface area contributed by atoms with Crippen molar-refractivity contribution in [1.29, 1.82) is 0 Å². The SMILES string of the molecule is CCN(CC)CC(=O)N1CCN(C(=O)C(C)CNC)CC1.Cl.Cl. The third-order valence-electron chi connectivity index (χ3n) is 4.13. The maximum absolute atomic E-state index is 12.2. The molecule has 0 radical (unpaired) electrons. The highest BCUT2D eigenvalue weighted by Gasteiger charge is 2.26. The van der Waals surface area contributed by atoms with Crippen LogP contribution in [-0.4, -0.2) is 85.9 Å². The van der Waals surface area contributed by atoms with Crippen LogP contribution in [0.15, 0.2) is 0 Å². The van der Waals surface area contributed by atoms with Crippen LogP contribution in [0, 0.1) is 5.92 Å². The Labute approximate surface area is 152 Å². The van der Waals surface area contributed by atoms with E-state index in [0.29, 0.717) is 39.3 Å². The molecule has 23 heavy (non-hydrogen) atoms. The number of hydrogen-bond acceptors (Lipinski definition) is 4. The second-order valence-corrected chi connectivity index (χ2v) is 5.63. The van der Waals surface area contributed by atoms with E-state index in [1.54, 1.807) is 0 Å². The third kappa shape index (κ3) is 7.70. The van der Waals surface area contributed by atoms with Crippen molar-refractivity contribution in [2.75, 3.05) is 59.4 Å². The molecule has 1 unspecified atom stereocenters. The molecule has 1 aliphatic heterocycles. The van der Waals surface area contributed by atoms with Gasteiger partial charge in [0.2, 0.25) is 11.8 Å². The van der Waals surface area contributed by atoms with E-state index < -0.39 is 0 Å². The Morgan fingerprint density at radius 2 is 1.52 bits per heavy atom. The van der Waals surface area contributed by atoms with E-state index >= 15 is 0 Å². The van der Waals surface area contributed by atoms with E-state index in [2.05, 4.69) is 24.1 Å². The predicted molar refractivity (Wildman–Crippen MR) is 98.5 cm³/mol.